The zero-order valence-electron chi connectivity index (χ0n) is 20.4. The number of benzene rings is 2. The summed E-state index contributed by atoms with van der Waals surface area (Å²) in [5, 5.41) is 10.5. The number of aromatic nitrogens is 3. The van der Waals surface area contributed by atoms with Crippen molar-refractivity contribution in [2.75, 3.05) is 10.6 Å². The Hall–Kier alpha value is -4.46. The van der Waals surface area contributed by atoms with Crippen LogP contribution in [0.3, 0.4) is 0 Å². The second-order valence-electron chi connectivity index (χ2n) is 9.74. The molecular weight excluding hydrogens is 454 g/mol. The summed E-state index contributed by atoms with van der Waals surface area (Å²) in [7, 11) is 0. The Morgan fingerprint density at radius 1 is 0.972 bits per heavy atom. The molecule has 0 aliphatic heterocycles. The lowest BCUT2D eigenvalue weighted by Crippen LogP contribution is -2.21. The van der Waals surface area contributed by atoms with E-state index in [1.165, 1.54) is 0 Å². The summed E-state index contributed by atoms with van der Waals surface area (Å²) in [6.07, 6.45) is 2.35. The van der Waals surface area contributed by atoms with E-state index < -0.39 is 0 Å². The molecule has 36 heavy (non-hydrogen) atoms. The molecule has 182 valence electrons. The number of urea groups is 1. The lowest BCUT2D eigenvalue weighted by molar-refractivity contribution is -0.117. The molecule has 0 unspecified atom stereocenters. The monoisotopic (exact) mass is 481 g/mol. The van der Waals surface area contributed by atoms with E-state index in [-0.39, 0.29) is 17.2 Å². The van der Waals surface area contributed by atoms with Crippen molar-refractivity contribution in [2.24, 2.45) is 0 Å². The van der Waals surface area contributed by atoms with Gasteiger partial charge >= 0.3 is 6.03 Å². The second kappa shape index (κ2) is 9.30. The number of pyridine rings is 1. The molecule has 0 saturated carbocycles. The van der Waals surface area contributed by atoms with E-state index >= 15 is 0 Å². The van der Waals surface area contributed by atoms with Crippen molar-refractivity contribution >= 4 is 23.3 Å². The first kappa shape index (κ1) is 23.3. The zero-order chi connectivity index (χ0) is 25.3. The van der Waals surface area contributed by atoms with Gasteiger partial charge in [-0.3, -0.25) is 15.1 Å². The summed E-state index contributed by atoms with van der Waals surface area (Å²) < 4.78 is 7.72. The Balaban J connectivity index is 1.28. The number of hydrogen-bond acceptors (Lipinski definition) is 5. The van der Waals surface area contributed by atoms with Crippen LogP contribution in [-0.2, 0) is 23.1 Å². The first-order valence-electron chi connectivity index (χ1n) is 11.8. The number of amides is 2. The third kappa shape index (κ3) is 4.98. The number of nitrogens with one attached hydrogen (secondary N) is 2. The minimum Gasteiger partial charge on any atom is -0.457 e. The normalized spacial score (nSPS) is 12.8. The maximum Gasteiger partial charge on any atom is 0.324 e. The lowest BCUT2D eigenvalue weighted by atomic mass is 9.92. The molecule has 1 aliphatic rings. The predicted octanol–water partition coefficient (Wildman–Crippen LogP) is 5.67. The van der Waals surface area contributed by atoms with Gasteiger partial charge in [0.1, 0.15) is 23.1 Å². The van der Waals surface area contributed by atoms with Crippen molar-refractivity contribution in [3.8, 4) is 17.2 Å². The number of nitrogens with zero attached hydrogens (tertiary/aromatic N) is 3. The van der Waals surface area contributed by atoms with Gasteiger partial charge in [-0.15, -0.1) is 0 Å². The predicted molar refractivity (Wildman–Crippen MR) is 138 cm³/mol. The van der Waals surface area contributed by atoms with Gasteiger partial charge in [0.15, 0.2) is 0 Å². The van der Waals surface area contributed by atoms with Gasteiger partial charge in [-0.05, 0) is 42.5 Å². The van der Waals surface area contributed by atoms with Crippen molar-refractivity contribution < 1.29 is 14.3 Å². The van der Waals surface area contributed by atoms with Gasteiger partial charge in [0.25, 0.3) is 0 Å². The molecule has 0 atom stereocenters. The van der Waals surface area contributed by atoms with Crippen molar-refractivity contribution in [1.82, 2.24) is 14.8 Å². The van der Waals surface area contributed by atoms with Gasteiger partial charge in [0.05, 0.1) is 17.1 Å². The molecule has 1 aliphatic carbocycles. The Bertz CT molecular complexity index is 1420. The van der Waals surface area contributed by atoms with Crippen LogP contribution in [0.5, 0.6) is 11.5 Å². The van der Waals surface area contributed by atoms with Crippen LogP contribution < -0.4 is 15.4 Å². The van der Waals surface area contributed by atoms with Crippen LogP contribution in [0.2, 0.25) is 0 Å². The van der Waals surface area contributed by atoms with Crippen LogP contribution in [0.1, 0.15) is 37.7 Å². The van der Waals surface area contributed by atoms with Crippen LogP contribution >= 0.6 is 0 Å². The number of para-hydroxylation sites is 1. The first-order valence-corrected chi connectivity index (χ1v) is 11.8. The quantitative estimate of drug-likeness (QED) is 0.383. The highest BCUT2D eigenvalue weighted by atomic mass is 16.5. The molecule has 2 aromatic heterocycles. The maximum atomic E-state index is 12.8. The topological polar surface area (TPSA) is 98.1 Å². The molecule has 0 spiro atoms. The van der Waals surface area contributed by atoms with Gasteiger partial charge in [0, 0.05) is 41.8 Å². The Kier molecular flexibility index (Phi) is 6.01. The van der Waals surface area contributed by atoms with Gasteiger partial charge in [0.2, 0.25) is 0 Å². The molecule has 2 N–H and O–H groups in total. The number of hydrogen-bond donors (Lipinski definition) is 2. The van der Waals surface area contributed by atoms with Crippen LogP contribution in [0.25, 0.3) is 5.69 Å². The number of carbonyl (C=O) groups excluding carboxylic acids is 2. The molecule has 8 heteroatoms. The number of carbonyl (C=O) groups is 2. The van der Waals surface area contributed by atoms with E-state index in [1.807, 2.05) is 36.4 Å². The SMILES string of the molecule is CC(C)(C)c1cc(NC(=O)Nc2ccc(Oc3ccnc4c3CC(=O)C4)cc2)n(-c2ccccc2)n1. The van der Waals surface area contributed by atoms with Gasteiger partial charge in [-0.1, -0.05) is 39.0 Å². The number of ketones is 1. The molecule has 4 aromatic rings. The Labute approximate surface area is 209 Å². The first-order chi connectivity index (χ1) is 17.3. The fourth-order valence-electron chi connectivity index (χ4n) is 4.01. The molecule has 2 amide bonds. The van der Waals surface area contributed by atoms with Gasteiger partial charge in [-0.25, -0.2) is 9.48 Å². The molecule has 0 saturated heterocycles. The molecule has 0 fully saturated rings. The average Bonchev–Trinajstić information content (AvgIpc) is 3.44. The fourth-order valence-corrected chi connectivity index (χ4v) is 4.01. The lowest BCUT2D eigenvalue weighted by Gasteiger charge is -2.14. The highest BCUT2D eigenvalue weighted by Crippen LogP contribution is 2.31. The number of rotatable bonds is 5. The van der Waals surface area contributed by atoms with Crippen molar-refractivity contribution in [1.29, 1.82) is 0 Å². The van der Waals surface area contributed by atoms with Crippen molar-refractivity contribution in [3.05, 3.63) is 89.9 Å². The van der Waals surface area contributed by atoms with Crippen LogP contribution in [0, 0.1) is 0 Å². The largest absolute Gasteiger partial charge is 0.457 e. The number of ether oxygens (including phenoxy) is 1. The summed E-state index contributed by atoms with van der Waals surface area (Å²) in [6.45, 7) is 6.24. The maximum absolute atomic E-state index is 12.8. The smallest absolute Gasteiger partial charge is 0.324 e. The van der Waals surface area contributed by atoms with E-state index in [2.05, 4.69) is 36.4 Å². The van der Waals surface area contributed by atoms with Crippen LogP contribution in [0.15, 0.2) is 72.9 Å². The van der Waals surface area contributed by atoms with E-state index in [0.29, 0.717) is 35.8 Å². The Morgan fingerprint density at radius 2 is 1.72 bits per heavy atom. The van der Waals surface area contributed by atoms with E-state index in [4.69, 9.17) is 9.84 Å². The summed E-state index contributed by atoms with van der Waals surface area (Å²) in [5.41, 5.74) is 3.77. The summed E-state index contributed by atoms with van der Waals surface area (Å²) in [6, 6.07) is 20.0. The minimum atomic E-state index is -0.383. The summed E-state index contributed by atoms with van der Waals surface area (Å²) >= 11 is 0. The number of anilines is 2. The van der Waals surface area contributed by atoms with Crippen LogP contribution in [0.4, 0.5) is 16.3 Å². The van der Waals surface area contributed by atoms with Gasteiger partial charge in [-0.2, -0.15) is 5.10 Å². The molecule has 8 nitrogen and oxygen atoms in total. The molecule has 2 aromatic carbocycles. The molecule has 0 bridgehead atoms. The number of Topliss-reactive ketones (excluding diaryl/α,β-unsaturated/α-hetero) is 1. The standard InChI is InChI=1S/C28H27N5O3/c1-28(2,3)25-17-26(33(32-25)19-7-5-4-6-8-19)31-27(35)30-18-9-11-21(12-10-18)36-24-13-14-29-23-16-20(34)15-22(23)24/h4-14,17H,15-16H2,1-3H3,(H2,30,31,35). The number of fused-ring (bicyclic) bond motifs is 1. The van der Waals surface area contributed by atoms with Crippen molar-refractivity contribution in [3.63, 3.8) is 0 Å². The molecular formula is C28H27N5O3. The highest BCUT2D eigenvalue weighted by molar-refractivity contribution is 5.99. The van der Waals surface area contributed by atoms with Gasteiger partial charge < -0.3 is 10.1 Å². The fraction of sp³-hybridized carbons (Fsp3) is 0.214. The Morgan fingerprint density at radius 3 is 2.44 bits per heavy atom. The van der Waals surface area contributed by atoms with E-state index in [1.54, 1.807) is 41.2 Å². The molecule has 2 heterocycles. The summed E-state index contributed by atoms with van der Waals surface area (Å²) in [5.74, 6) is 1.95. The third-order valence-corrected chi connectivity index (χ3v) is 5.90. The van der Waals surface area contributed by atoms with E-state index in [0.717, 1.165) is 22.6 Å². The van der Waals surface area contributed by atoms with E-state index in [9.17, 15) is 9.59 Å². The average molecular weight is 482 g/mol. The third-order valence-electron chi connectivity index (χ3n) is 5.90. The second-order valence-corrected chi connectivity index (χ2v) is 9.74. The minimum absolute atomic E-state index is 0.141. The highest BCUT2D eigenvalue weighted by Gasteiger charge is 2.24. The molecule has 5 rings (SSSR count). The van der Waals surface area contributed by atoms with Crippen LogP contribution in [-0.4, -0.2) is 26.6 Å². The van der Waals surface area contributed by atoms with Crippen molar-refractivity contribution in [2.45, 2.75) is 39.0 Å². The molecule has 0 radical (unpaired) electrons. The zero-order valence-corrected chi connectivity index (χ0v) is 20.4. The summed E-state index contributed by atoms with van der Waals surface area (Å²) in [4.78, 5) is 28.9.